The number of hydrogen-bond acceptors (Lipinski definition) is 1. The number of allylic oxidation sites excluding steroid dienone is 1. The molecular formula is C43H30N2S. The van der Waals surface area contributed by atoms with Gasteiger partial charge in [0.15, 0.2) is 0 Å². The second-order valence-corrected chi connectivity index (χ2v) is 13.7. The van der Waals surface area contributed by atoms with Crippen molar-refractivity contribution in [1.82, 2.24) is 9.13 Å². The van der Waals surface area contributed by atoms with E-state index in [-0.39, 0.29) is 0 Å². The van der Waals surface area contributed by atoms with Gasteiger partial charge in [-0.2, -0.15) is 0 Å². The summed E-state index contributed by atoms with van der Waals surface area (Å²) in [6, 6.07) is 51.3. The normalized spacial score (nSPS) is 14.9. The van der Waals surface area contributed by atoms with Gasteiger partial charge in [-0.05, 0) is 78.1 Å². The van der Waals surface area contributed by atoms with E-state index in [1.807, 2.05) is 11.3 Å². The van der Waals surface area contributed by atoms with Crippen molar-refractivity contribution < 1.29 is 0 Å². The third-order valence-electron chi connectivity index (χ3n) is 9.92. The highest BCUT2D eigenvalue weighted by Crippen LogP contribution is 2.47. The molecule has 0 saturated carbocycles. The first-order valence-electron chi connectivity index (χ1n) is 16.1. The van der Waals surface area contributed by atoms with Crippen molar-refractivity contribution in [1.29, 1.82) is 0 Å². The molecule has 9 aromatic rings. The molecule has 6 aromatic carbocycles. The maximum atomic E-state index is 2.52. The lowest BCUT2D eigenvalue weighted by Gasteiger charge is -2.22. The van der Waals surface area contributed by atoms with Crippen LogP contribution in [0.3, 0.4) is 0 Å². The van der Waals surface area contributed by atoms with E-state index in [2.05, 4.69) is 162 Å². The molecule has 3 heteroatoms. The summed E-state index contributed by atoms with van der Waals surface area (Å²) in [6.07, 6.45) is 3.53. The lowest BCUT2D eigenvalue weighted by molar-refractivity contribution is 0.782. The molecule has 46 heavy (non-hydrogen) atoms. The summed E-state index contributed by atoms with van der Waals surface area (Å²) in [6.45, 7) is 2.37. The van der Waals surface area contributed by atoms with Crippen molar-refractivity contribution in [3.05, 3.63) is 156 Å². The van der Waals surface area contributed by atoms with Crippen LogP contribution in [0.25, 0.3) is 76.2 Å². The van der Waals surface area contributed by atoms with Crippen LogP contribution < -0.4 is 0 Å². The van der Waals surface area contributed by atoms with E-state index in [4.69, 9.17) is 0 Å². The van der Waals surface area contributed by atoms with Gasteiger partial charge in [-0.1, -0.05) is 97.9 Å². The highest BCUT2D eigenvalue weighted by Gasteiger charge is 2.27. The predicted molar refractivity (Wildman–Crippen MR) is 197 cm³/mol. The Balaban J connectivity index is 1.18. The monoisotopic (exact) mass is 606 g/mol. The first-order valence-corrected chi connectivity index (χ1v) is 16.9. The summed E-state index contributed by atoms with van der Waals surface area (Å²) in [5, 5.41) is 6.50. The standard InChI is InChI=1S/C43H30N2S/c1-27-19-22-40(42-33-15-7-10-18-41(33)46-43(27)42)45-37-17-9-6-14-32(37)35-26-29(21-24-39(35)45)28-20-23-38-34(25-28)31-13-5-8-16-36(31)44(38)30-11-3-2-4-12-30/h2-18,20-27H,19H2,1H3. The molecule has 1 aliphatic rings. The third-order valence-corrected chi connectivity index (χ3v) is 11.3. The van der Waals surface area contributed by atoms with E-state index in [0.717, 1.165) is 6.42 Å². The van der Waals surface area contributed by atoms with Crippen LogP contribution in [-0.4, -0.2) is 9.13 Å². The minimum absolute atomic E-state index is 0.526. The van der Waals surface area contributed by atoms with Crippen LogP contribution in [0.2, 0.25) is 0 Å². The van der Waals surface area contributed by atoms with Gasteiger partial charge in [-0.3, -0.25) is 0 Å². The van der Waals surface area contributed by atoms with E-state index in [1.165, 1.54) is 86.6 Å². The van der Waals surface area contributed by atoms with Crippen LogP contribution >= 0.6 is 11.3 Å². The lowest BCUT2D eigenvalue weighted by Crippen LogP contribution is -2.07. The van der Waals surface area contributed by atoms with E-state index in [9.17, 15) is 0 Å². The molecule has 1 unspecified atom stereocenters. The zero-order valence-electron chi connectivity index (χ0n) is 25.4. The summed E-state index contributed by atoms with van der Waals surface area (Å²) >= 11 is 1.97. The molecule has 0 aliphatic heterocycles. The zero-order chi connectivity index (χ0) is 30.4. The topological polar surface area (TPSA) is 9.86 Å². The predicted octanol–water partition coefficient (Wildman–Crippen LogP) is 12.2. The summed E-state index contributed by atoms with van der Waals surface area (Å²) in [5.74, 6) is 0.526. The molecule has 3 heterocycles. The Kier molecular flexibility index (Phi) is 5.52. The Morgan fingerprint density at radius 3 is 1.76 bits per heavy atom. The summed E-state index contributed by atoms with van der Waals surface area (Å²) in [5.41, 5.74) is 11.4. The fourth-order valence-corrected chi connectivity index (χ4v) is 9.07. The Morgan fingerprint density at radius 1 is 0.522 bits per heavy atom. The van der Waals surface area contributed by atoms with Gasteiger partial charge >= 0.3 is 0 Å². The van der Waals surface area contributed by atoms with Crippen LogP contribution in [0.1, 0.15) is 29.7 Å². The number of para-hydroxylation sites is 3. The molecule has 0 bridgehead atoms. The van der Waals surface area contributed by atoms with Crippen LogP contribution in [-0.2, 0) is 0 Å². The minimum atomic E-state index is 0.526. The number of fused-ring (bicyclic) bond motifs is 9. The molecule has 3 aromatic heterocycles. The van der Waals surface area contributed by atoms with E-state index in [1.54, 1.807) is 0 Å². The number of hydrogen-bond donors (Lipinski definition) is 0. The van der Waals surface area contributed by atoms with Gasteiger partial charge in [-0.15, -0.1) is 11.3 Å². The van der Waals surface area contributed by atoms with Crippen molar-refractivity contribution in [2.45, 2.75) is 19.3 Å². The number of nitrogens with zero attached hydrogens (tertiary/aromatic N) is 2. The second kappa shape index (κ2) is 9.81. The zero-order valence-corrected chi connectivity index (χ0v) is 26.3. The van der Waals surface area contributed by atoms with Crippen molar-refractivity contribution >= 4 is 70.7 Å². The fraction of sp³-hybridized carbons (Fsp3) is 0.0698. The fourth-order valence-electron chi connectivity index (χ4n) is 7.80. The maximum absolute atomic E-state index is 2.52. The van der Waals surface area contributed by atoms with Gasteiger partial charge in [0, 0.05) is 47.8 Å². The van der Waals surface area contributed by atoms with Gasteiger partial charge in [0.2, 0.25) is 0 Å². The first kappa shape index (κ1) is 25.9. The van der Waals surface area contributed by atoms with Gasteiger partial charge in [-0.25, -0.2) is 0 Å². The van der Waals surface area contributed by atoms with Crippen LogP contribution in [0.15, 0.2) is 146 Å². The summed E-state index contributed by atoms with van der Waals surface area (Å²) in [4.78, 5) is 1.50. The molecule has 0 N–H and O–H groups in total. The minimum Gasteiger partial charge on any atom is -0.309 e. The molecule has 0 amide bonds. The molecule has 2 nitrogen and oxygen atoms in total. The Morgan fingerprint density at radius 2 is 1.07 bits per heavy atom. The summed E-state index contributed by atoms with van der Waals surface area (Å²) < 4.78 is 6.28. The molecule has 1 aliphatic carbocycles. The van der Waals surface area contributed by atoms with Gasteiger partial charge in [0.1, 0.15) is 0 Å². The van der Waals surface area contributed by atoms with Crippen molar-refractivity contribution in [2.75, 3.05) is 0 Å². The van der Waals surface area contributed by atoms with Gasteiger partial charge in [0.05, 0.1) is 27.8 Å². The quantitative estimate of drug-likeness (QED) is 0.189. The molecule has 10 rings (SSSR count). The van der Waals surface area contributed by atoms with Crippen molar-refractivity contribution in [3.8, 4) is 16.8 Å². The second-order valence-electron chi connectivity index (χ2n) is 12.6. The van der Waals surface area contributed by atoms with E-state index >= 15 is 0 Å². The molecule has 1 atom stereocenters. The first-order chi connectivity index (χ1) is 22.7. The van der Waals surface area contributed by atoms with Gasteiger partial charge < -0.3 is 9.13 Å². The molecule has 0 radical (unpaired) electrons. The number of rotatable bonds is 3. The smallest absolute Gasteiger partial charge is 0.0541 e. The van der Waals surface area contributed by atoms with E-state index in [0.29, 0.717) is 5.92 Å². The largest absolute Gasteiger partial charge is 0.309 e. The Bertz CT molecular complexity index is 2680. The number of aromatic nitrogens is 2. The highest BCUT2D eigenvalue weighted by molar-refractivity contribution is 7.19. The molecule has 218 valence electrons. The molecule has 0 spiro atoms. The third kappa shape index (κ3) is 3.64. The molecule has 0 saturated heterocycles. The average Bonchev–Trinajstić information content (AvgIpc) is 3.77. The SMILES string of the molecule is CC1CC=C(n2c3ccccc3c3cc(-c4ccc5c(c4)c4ccccc4n5-c4ccccc4)ccc32)c2c1sc1ccccc21. The van der Waals surface area contributed by atoms with Crippen molar-refractivity contribution in [3.63, 3.8) is 0 Å². The highest BCUT2D eigenvalue weighted by atomic mass is 32.1. The average molecular weight is 607 g/mol. The Hall–Kier alpha value is -5.38. The maximum Gasteiger partial charge on any atom is 0.0541 e. The number of benzene rings is 6. The lowest BCUT2D eigenvalue weighted by atomic mass is 9.92. The summed E-state index contributed by atoms with van der Waals surface area (Å²) in [7, 11) is 0. The van der Waals surface area contributed by atoms with Crippen molar-refractivity contribution in [2.24, 2.45) is 0 Å². The Labute approximate surface area is 271 Å². The van der Waals surface area contributed by atoms with Crippen LogP contribution in [0.4, 0.5) is 0 Å². The van der Waals surface area contributed by atoms with Crippen LogP contribution in [0, 0.1) is 0 Å². The number of thiophene rings is 1. The van der Waals surface area contributed by atoms with Crippen LogP contribution in [0.5, 0.6) is 0 Å². The molecule has 0 fully saturated rings. The van der Waals surface area contributed by atoms with Gasteiger partial charge in [0.25, 0.3) is 0 Å². The molecular weight excluding hydrogens is 577 g/mol. The van der Waals surface area contributed by atoms with E-state index < -0.39 is 0 Å².